The molecule has 9 nitrogen and oxygen atoms in total. The van der Waals surface area contributed by atoms with Gasteiger partial charge in [-0.3, -0.25) is 14.5 Å². The number of primary amides is 1. The Morgan fingerprint density at radius 3 is 2.43 bits per heavy atom. The highest BCUT2D eigenvalue weighted by Crippen LogP contribution is 2.30. The lowest BCUT2D eigenvalue weighted by atomic mass is 9.86. The van der Waals surface area contributed by atoms with Crippen molar-refractivity contribution in [1.29, 1.82) is 0 Å². The van der Waals surface area contributed by atoms with E-state index in [-0.39, 0.29) is 22.7 Å². The minimum atomic E-state index is -0.598. The van der Waals surface area contributed by atoms with Crippen LogP contribution in [0.15, 0.2) is 12.1 Å². The highest BCUT2D eigenvalue weighted by Gasteiger charge is 2.36. The topological polar surface area (TPSA) is 120 Å². The molecule has 1 amide bonds. The molecule has 0 saturated carbocycles. The number of anilines is 1. The third-order valence-corrected chi connectivity index (χ3v) is 7.94. The third kappa shape index (κ3) is 9.02. The monoisotopic (exact) mass is 538 g/mol. The van der Waals surface area contributed by atoms with Crippen LogP contribution in [0.1, 0.15) is 61.7 Å². The van der Waals surface area contributed by atoms with Crippen molar-refractivity contribution >= 4 is 29.2 Å². The standard InChI is InChI=1S/C19H34N2O3.C8H9ClN2O2/c1-23-17-6-5-11-20(14-17)10-4-2-3-7-19(22)24-18-15-21-12-8-16(18)9-13-21;1-13-7-3-6(10)5(9)2-4(7)8(11)12/h16-18H,2-15H2,1H3;2-3H,10H2,1H3,(H2,11,12)/t17-,18+;/m0./s1. The zero-order valence-electron chi connectivity index (χ0n) is 22.3. The van der Waals surface area contributed by atoms with E-state index in [0.29, 0.717) is 29.9 Å². The largest absolute Gasteiger partial charge is 0.496 e. The van der Waals surface area contributed by atoms with Crippen molar-refractivity contribution in [2.24, 2.45) is 11.7 Å². The Balaban J connectivity index is 0.000000248. The fourth-order valence-electron chi connectivity index (χ4n) is 5.39. The van der Waals surface area contributed by atoms with E-state index in [1.165, 1.54) is 71.0 Å². The van der Waals surface area contributed by atoms with E-state index in [0.717, 1.165) is 32.5 Å². The molecule has 4 heterocycles. The Bertz CT molecular complexity index is 894. The summed E-state index contributed by atoms with van der Waals surface area (Å²) < 4.78 is 16.1. The highest BCUT2D eigenvalue weighted by atomic mass is 35.5. The van der Waals surface area contributed by atoms with Gasteiger partial charge in [-0.05, 0) is 76.7 Å². The summed E-state index contributed by atoms with van der Waals surface area (Å²) in [6.45, 7) is 6.75. The lowest BCUT2D eigenvalue weighted by molar-refractivity contribution is -0.158. The number of rotatable bonds is 10. The predicted octanol–water partition coefficient (Wildman–Crippen LogP) is 3.32. The average molecular weight is 539 g/mol. The smallest absolute Gasteiger partial charge is 0.306 e. The number of esters is 1. The minimum Gasteiger partial charge on any atom is -0.496 e. The van der Waals surface area contributed by atoms with Crippen LogP contribution in [0, 0.1) is 5.92 Å². The summed E-state index contributed by atoms with van der Waals surface area (Å²) in [5, 5.41) is 0.287. The van der Waals surface area contributed by atoms with Gasteiger partial charge in [0.1, 0.15) is 11.9 Å². The van der Waals surface area contributed by atoms with Crippen LogP contribution in [0.2, 0.25) is 5.02 Å². The molecule has 208 valence electrons. The number of nitrogens with two attached hydrogens (primary N) is 2. The van der Waals surface area contributed by atoms with Gasteiger partial charge < -0.3 is 30.6 Å². The molecule has 0 spiro atoms. The Hall–Kier alpha value is -2.07. The number of piperidine rings is 4. The van der Waals surface area contributed by atoms with Crippen molar-refractivity contribution in [1.82, 2.24) is 9.80 Å². The van der Waals surface area contributed by atoms with Crippen molar-refractivity contribution in [3.63, 3.8) is 0 Å². The van der Waals surface area contributed by atoms with Gasteiger partial charge in [0.05, 0.1) is 29.5 Å². The number of likely N-dealkylation sites (tertiary alicyclic amines) is 1. The molecule has 4 saturated heterocycles. The Labute approximate surface area is 225 Å². The van der Waals surface area contributed by atoms with Crippen molar-refractivity contribution in [2.45, 2.75) is 63.6 Å². The number of fused-ring (bicyclic) bond motifs is 3. The summed E-state index contributed by atoms with van der Waals surface area (Å²) in [6, 6.07) is 2.85. The second-order valence-corrected chi connectivity index (χ2v) is 10.6. The number of carbonyl (C=O) groups excluding carboxylic acids is 2. The zero-order chi connectivity index (χ0) is 26.8. The molecule has 5 rings (SSSR count). The number of amides is 1. The van der Waals surface area contributed by atoms with E-state index in [9.17, 15) is 9.59 Å². The summed E-state index contributed by atoms with van der Waals surface area (Å²) in [6.07, 6.45) is 9.25. The molecule has 4 fully saturated rings. The van der Waals surface area contributed by atoms with Crippen LogP contribution in [-0.2, 0) is 14.3 Å². The first-order valence-corrected chi connectivity index (χ1v) is 13.8. The maximum absolute atomic E-state index is 12.1. The molecule has 1 aromatic rings. The van der Waals surface area contributed by atoms with Gasteiger partial charge in [0.25, 0.3) is 5.91 Å². The van der Waals surface area contributed by atoms with E-state index in [4.69, 9.17) is 37.3 Å². The van der Waals surface area contributed by atoms with Gasteiger partial charge in [-0.2, -0.15) is 0 Å². The van der Waals surface area contributed by atoms with Crippen LogP contribution in [0.4, 0.5) is 5.69 Å². The van der Waals surface area contributed by atoms with E-state index in [1.54, 1.807) is 0 Å². The van der Waals surface area contributed by atoms with E-state index < -0.39 is 5.91 Å². The van der Waals surface area contributed by atoms with Crippen LogP contribution in [0.5, 0.6) is 5.75 Å². The van der Waals surface area contributed by atoms with Crippen LogP contribution >= 0.6 is 11.6 Å². The number of benzene rings is 1. The number of halogens is 1. The van der Waals surface area contributed by atoms with Crippen molar-refractivity contribution in [3.05, 3.63) is 22.7 Å². The van der Waals surface area contributed by atoms with Crippen LogP contribution in [-0.4, -0.2) is 87.4 Å². The molecule has 2 bridgehead atoms. The van der Waals surface area contributed by atoms with Crippen LogP contribution < -0.4 is 16.2 Å². The van der Waals surface area contributed by atoms with Gasteiger partial charge in [0.2, 0.25) is 0 Å². The second kappa shape index (κ2) is 14.8. The number of hydrogen-bond donors (Lipinski definition) is 2. The molecule has 2 atom stereocenters. The highest BCUT2D eigenvalue weighted by molar-refractivity contribution is 6.33. The lowest BCUT2D eigenvalue weighted by Gasteiger charge is -2.43. The van der Waals surface area contributed by atoms with Crippen LogP contribution in [0.25, 0.3) is 0 Å². The average Bonchev–Trinajstić information content (AvgIpc) is 2.91. The normalized spacial score (nSPS) is 25.2. The predicted molar refractivity (Wildman–Crippen MR) is 145 cm³/mol. The first-order valence-electron chi connectivity index (χ1n) is 13.4. The zero-order valence-corrected chi connectivity index (χ0v) is 23.0. The molecule has 4 N–H and O–H groups in total. The number of hydrogen-bond acceptors (Lipinski definition) is 8. The van der Waals surface area contributed by atoms with Gasteiger partial charge in [0, 0.05) is 32.7 Å². The maximum Gasteiger partial charge on any atom is 0.306 e. The number of unbranched alkanes of at least 4 members (excludes halogenated alkanes) is 2. The summed E-state index contributed by atoms with van der Waals surface area (Å²) in [5.41, 5.74) is 11.2. The van der Waals surface area contributed by atoms with Crippen molar-refractivity contribution in [2.75, 3.05) is 59.2 Å². The summed E-state index contributed by atoms with van der Waals surface area (Å²) in [5.74, 6) is 0.367. The first kappa shape index (κ1) is 29.5. The minimum absolute atomic E-state index is 0.0196. The molecular formula is C27H43ClN4O5. The van der Waals surface area contributed by atoms with Gasteiger partial charge >= 0.3 is 5.97 Å². The second-order valence-electron chi connectivity index (χ2n) is 10.2. The molecule has 0 aliphatic carbocycles. The lowest BCUT2D eigenvalue weighted by Crippen LogP contribution is -2.51. The van der Waals surface area contributed by atoms with Gasteiger partial charge in [0.15, 0.2) is 0 Å². The molecule has 0 radical (unpaired) electrons. The van der Waals surface area contributed by atoms with E-state index in [1.807, 2.05) is 7.11 Å². The number of carbonyl (C=O) groups is 2. The third-order valence-electron chi connectivity index (χ3n) is 7.61. The Morgan fingerprint density at radius 1 is 1.05 bits per heavy atom. The maximum atomic E-state index is 12.1. The van der Waals surface area contributed by atoms with Crippen LogP contribution in [0.3, 0.4) is 0 Å². The molecule has 0 unspecified atom stereocenters. The van der Waals surface area contributed by atoms with Crippen molar-refractivity contribution < 1.29 is 23.8 Å². The molecular weight excluding hydrogens is 496 g/mol. The van der Waals surface area contributed by atoms with Gasteiger partial charge in [-0.15, -0.1) is 0 Å². The summed E-state index contributed by atoms with van der Waals surface area (Å²) in [7, 11) is 3.24. The number of nitrogen functional groups attached to an aromatic ring is 1. The Kier molecular flexibility index (Phi) is 11.8. The van der Waals surface area contributed by atoms with Crippen molar-refractivity contribution in [3.8, 4) is 5.75 Å². The Morgan fingerprint density at radius 2 is 1.81 bits per heavy atom. The quantitative estimate of drug-likeness (QED) is 0.264. The SMILES string of the molecule is CO[C@H]1CCCN(CCCCCC(=O)O[C@@H]2CN3CCC2CC3)C1.COc1cc(N)c(Cl)cc1C(N)=O. The number of ether oxygens (including phenoxy) is 3. The van der Waals surface area contributed by atoms with Gasteiger partial charge in [-0.25, -0.2) is 0 Å². The first-order chi connectivity index (χ1) is 17.8. The molecule has 4 aliphatic heterocycles. The molecule has 37 heavy (non-hydrogen) atoms. The van der Waals surface area contributed by atoms with E-state index in [2.05, 4.69) is 9.80 Å². The number of nitrogens with zero attached hydrogens (tertiary/aromatic N) is 2. The fraction of sp³-hybridized carbons (Fsp3) is 0.704. The molecule has 1 aromatic carbocycles. The summed E-state index contributed by atoms with van der Waals surface area (Å²) >= 11 is 5.70. The molecule has 0 aromatic heterocycles. The molecule has 10 heteroatoms. The summed E-state index contributed by atoms with van der Waals surface area (Å²) in [4.78, 5) is 27.9. The van der Waals surface area contributed by atoms with Gasteiger partial charge in [-0.1, -0.05) is 18.0 Å². The van der Waals surface area contributed by atoms with E-state index >= 15 is 0 Å². The molecule has 4 aliphatic rings. The number of methoxy groups -OCH3 is 2. The fourth-order valence-corrected chi connectivity index (χ4v) is 5.56.